The zero-order valence-corrected chi connectivity index (χ0v) is 11.7. The Balaban J connectivity index is 1.49. The summed E-state index contributed by atoms with van der Waals surface area (Å²) in [6.45, 7) is 1.73. The lowest BCUT2D eigenvalue weighted by molar-refractivity contribution is 0.640. The van der Waals surface area contributed by atoms with Crippen LogP contribution in [-0.2, 0) is 13.0 Å². The molecule has 0 aliphatic rings. The number of hydrogen-bond donors (Lipinski definition) is 3. The van der Waals surface area contributed by atoms with Gasteiger partial charge in [-0.05, 0) is 18.5 Å². The van der Waals surface area contributed by atoms with Crippen LogP contribution in [0.4, 0.5) is 0 Å². The van der Waals surface area contributed by atoms with Crippen LogP contribution in [0.2, 0.25) is 0 Å². The Kier molecular flexibility index (Phi) is 4.38. The van der Waals surface area contributed by atoms with E-state index in [2.05, 4.69) is 42.8 Å². The molecule has 108 valence electrons. The van der Waals surface area contributed by atoms with E-state index in [1.807, 2.05) is 24.4 Å². The minimum Gasteiger partial charge on any atom is -0.313 e. The average Bonchev–Trinajstić information content (AvgIpc) is 3.19. The number of benzene rings is 1. The largest absolute Gasteiger partial charge is 0.313 e. The summed E-state index contributed by atoms with van der Waals surface area (Å²) in [5.74, 6) is 0.935. The molecule has 6 heteroatoms. The fraction of sp³-hybridized carbons (Fsp3) is 0.267. The van der Waals surface area contributed by atoms with E-state index in [0.29, 0.717) is 0 Å². The van der Waals surface area contributed by atoms with E-state index < -0.39 is 0 Å². The van der Waals surface area contributed by atoms with Crippen molar-refractivity contribution in [2.45, 2.75) is 19.4 Å². The molecule has 0 saturated heterocycles. The molecule has 0 radical (unpaired) electrons. The number of aryl methyl sites for hydroxylation is 1. The zero-order valence-electron chi connectivity index (χ0n) is 11.7. The molecule has 0 amide bonds. The first-order chi connectivity index (χ1) is 10.4. The van der Waals surface area contributed by atoms with Crippen molar-refractivity contribution in [1.29, 1.82) is 0 Å². The van der Waals surface area contributed by atoms with E-state index in [1.165, 1.54) is 5.56 Å². The fourth-order valence-corrected chi connectivity index (χ4v) is 2.26. The van der Waals surface area contributed by atoms with E-state index >= 15 is 0 Å². The minimum absolute atomic E-state index is 0.803. The minimum atomic E-state index is 0.803. The summed E-state index contributed by atoms with van der Waals surface area (Å²) in [5, 5.41) is 17.4. The second kappa shape index (κ2) is 6.81. The molecule has 3 N–H and O–H groups in total. The maximum atomic E-state index is 4.15. The molecule has 0 atom stereocenters. The van der Waals surface area contributed by atoms with Crippen molar-refractivity contribution in [3.05, 3.63) is 54.2 Å². The van der Waals surface area contributed by atoms with Gasteiger partial charge in [-0.25, -0.2) is 4.98 Å². The van der Waals surface area contributed by atoms with Crippen LogP contribution in [-0.4, -0.2) is 31.9 Å². The Hall–Kier alpha value is -2.47. The third-order valence-electron chi connectivity index (χ3n) is 3.33. The first kappa shape index (κ1) is 13.5. The lowest BCUT2D eigenvalue weighted by atomic mass is 10.1. The van der Waals surface area contributed by atoms with Gasteiger partial charge in [0, 0.05) is 18.5 Å². The SMILES string of the molecule is c1ccc(-c2[nH]ncc2CNCCCc2ncn[nH]2)cc1. The predicted octanol–water partition coefficient (Wildman–Crippen LogP) is 1.92. The van der Waals surface area contributed by atoms with Gasteiger partial charge in [0.2, 0.25) is 0 Å². The molecule has 0 aliphatic carbocycles. The van der Waals surface area contributed by atoms with E-state index in [4.69, 9.17) is 0 Å². The number of aromatic nitrogens is 5. The van der Waals surface area contributed by atoms with Gasteiger partial charge in [0.05, 0.1) is 11.9 Å². The summed E-state index contributed by atoms with van der Waals surface area (Å²) in [5.41, 5.74) is 3.42. The molecular weight excluding hydrogens is 264 g/mol. The molecule has 21 heavy (non-hydrogen) atoms. The number of nitrogens with one attached hydrogen (secondary N) is 3. The summed E-state index contributed by atoms with van der Waals surface area (Å²) in [4.78, 5) is 4.11. The Morgan fingerprint density at radius 2 is 1.95 bits per heavy atom. The van der Waals surface area contributed by atoms with Gasteiger partial charge in [0.25, 0.3) is 0 Å². The predicted molar refractivity (Wildman–Crippen MR) is 80.4 cm³/mol. The molecule has 0 fully saturated rings. The van der Waals surface area contributed by atoms with Crippen LogP contribution in [0.3, 0.4) is 0 Å². The third kappa shape index (κ3) is 3.55. The van der Waals surface area contributed by atoms with Gasteiger partial charge in [-0.2, -0.15) is 10.2 Å². The van der Waals surface area contributed by atoms with Gasteiger partial charge in [-0.15, -0.1) is 0 Å². The second-order valence-electron chi connectivity index (χ2n) is 4.85. The molecule has 0 unspecified atom stereocenters. The smallest absolute Gasteiger partial charge is 0.137 e. The molecule has 0 aliphatic heterocycles. The molecule has 6 nitrogen and oxygen atoms in total. The topological polar surface area (TPSA) is 82.3 Å². The standard InChI is InChI=1S/C15H18N6/c1-2-5-12(6-3-1)15-13(10-18-21-15)9-16-8-4-7-14-17-11-19-20-14/h1-3,5-6,10-11,16H,4,7-9H2,(H,18,21)(H,17,19,20). The van der Waals surface area contributed by atoms with Crippen LogP contribution in [0.1, 0.15) is 17.8 Å². The first-order valence-electron chi connectivity index (χ1n) is 7.06. The van der Waals surface area contributed by atoms with Gasteiger partial charge in [0.15, 0.2) is 0 Å². The van der Waals surface area contributed by atoms with E-state index in [-0.39, 0.29) is 0 Å². The van der Waals surface area contributed by atoms with E-state index in [9.17, 15) is 0 Å². The highest BCUT2D eigenvalue weighted by Gasteiger charge is 2.06. The molecule has 2 heterocycles. The number of H-pyrrole nitrogens is 2. The molecule has 0 saturated carbocycles. The highest BCUT2D eigenvalue weighted by molar-refractivity contribution is 5.62. The average molecular weight is 282 g/mol. The second-order valence-corrected chi connectivity index (χ2v) is 4.85. The van der Waals surface area contributed by atoms with Crippen molar-refractivity contribution >= 4 is 0 Å². The van der Waals surface area contributed by atoms with Gasteiger partial charge >= 0.3 is 0 Å². The van der Waals surface area contributed by atoms with Gasteiger partial charge in [-0.3, -0.25) is 10.2 Å². The van der Waals surface area contributed by atoms with Crippen molar-refractivity contribution in [3.8, 4) is 11.3 Å². The molecule has 3 aromatic rings. The van der Waals surface area contributed by atoms with Crippen molar-refractivity contribution in [1.82, 2.24) is 30.7 Å². The quantitative estimate of drug-likeness (QED) is 0.578. The van der Waals surface area contributed by atoms with Crippen LogP contribution < -0.4 is 5.32 Å². The molecule has 2 aromatic heterocycles. The molecule has 0 spiro atoms. The van der Waals surface area contributed by atoms with Crippen LogP contribution >= 0.6 is 0 Å². The number of hydrogen-bond acceptors (Lipinski definition) is 4. The Labute approximate surface area is 123 Å². The van der Waals surface area contributed by atoms with Crippen LogP contribution in [0.15, 0.2) is 42.9 Å². The van der Waals surface area contributed by atoms with E-state index in [0.717, 1.165) is 43.0 Å². The van der Waals surface area contributed by atoms with E-state index in [1.54, 1.807) is 6.33 Å². The molecular formula is C15H18N6. The summed E-state index contributed by atoms with van der Waals surface area (Å²) in [6.07, 6.45) is 5.35. The summed E-state index contributed by atoms with van der Waals surface area (Å²) in [7, 11) is 0. The fourth-order valence-electron chi connectivity index (χ4n) is 2.26. The number of aromatic amines is 2. The first-order valence-corrected chi connectivity index (χ1v) is 7.06. The zero-order chi connectivity index (χ0) is 14.3. The van der Waals surface area contributed by atoms with Gasteiger partial charge in [-0.1, -0.05) is 30.3 Å². The molecule has 3 rings (SSSR count). The Morgan fingerprint density at radius 3 is 2.76 bits per heavy atom. The summed E-state index contributed by atoms with van der Waals surface area (Å²) in [6, 6.07) is 10.2. The third-order valence-corrected chi connectivity index (χ3v) is 3.33. The number of rotatable bonds is 7. The Morgan fingerprint density at radius 1 is 1.05 bits per heavy atom. The number of nitrogens with zero attached hydrogens (tertiary/aromatic N) is 3. The van der Waals surface area contributed by atoms with Crippen LogP contribution in [0.25, 0.3) is 11.3 Å². The monoisotopic (exact) mass is 282 g/mol. The molecule has 0 bridgehead atoms. The highest BCUT2D eigenvalue weighted by Crippen LogP contribution is 2.20. The summed E-state index contributed by atoms with van der Waals surface area (Å²) < 4.78 is 0. The normalized spacial score (nSPS) is 10.9. The van der Waals surface area contributed by atoms with Gasteiger partial charge < -0.3 is 5.32 Å². The maximum Gasteiger partial charge on any atom is 0.137 e. The summed E-state index contributed by atoms with van der Waals surface area (Å²) >= 11 is 0. The lowest BCUT2D eigenvalue weighted by Gasteiger charge is -2.05. The van der Waals surface area contributed by atoms with Crippen molar-refractivity contribution in [2.24, 2.45) is 0 Å². The lowest BCUT2D eigenvalue weighted by Crippen LogP contribution is -2.15. The molecule has 1 aromatic carbocycles. The van der Waals surface area contributed by atoms with Crippen molar-refractivity contribution < 1.29 is 0 Å². The van der Waals surface area contributed by atoms with Crippen molar-refractivity contribution in [3.63, 3.8) is 0 Å². The Bertz CT molecular complexity index is 644. The van der Waals surface area contributed by atoms with Crippen molar-refractivity contribution in [2.75, 3.05) is 6.54 Å². The highest BCUT2D eigenvalue weighted by atomic mass is 15.2. The maximum absolute atomic E-state index is 4.15. The van der Waals surface area contributed by atoms with Gasteiger partial charge in [0.1, 0.15) is 12.2 Å². The van der Waals surface area contributed by atoms with Crippen LogP contribution in [0.5, 0.6) is 0 Å². The van der Waals surface area contributed by atoms with Crippen LogP contribution in [0, 0.1) is 0 Å².